The third kappa shape index (κ3) is 2.10. The molecule has 0 amide bonds. The maximum Gasteiger partial charge on any atom is 0.190 e. The molecular weight excluding hydrogens is 347 g/mol. The summed E-state index contributed by atoms with van der Waals surface area (Å²) in [5.41, 5.74) is -3.39. The summed E-state index contributed by atoms with van der Waals surface area (Å²) in [5, 5.41) is 20.9. The maximum absolute atomic E-state index is 16.8. The number of aliphatic hydroxyl groups excluding tert-OH is 1. The molecule has 4 aliphatic carbocycles. The van der Waals surface area contributed by atoms with Crippen LogP contribution in [0.2, 0.25) is 0 Å². The number of hydrogen-bond acceptors (Lipinski definition) is 4. The lowest BCUT2D eigenvalue weighted by Crippen LogP contribution is -2.64. The molecule has 5 heteroatoms. The predicted octanol–water partition coefficient (Wildman–Crippen LogP) is 3.15. The van der Waals surface area contributed by atoms with Gasteiger partial charge in [-0.2, -0.15) is 0 Å². The Morgan fingerprint density at radius 1 is 1.22 bits per heavy atom. The smallest absolute Gasteiger partial charge is 0.190 e. The molecule has 4 rings (SSSR count). The molecule has 0 aromatic heterocycles. The summed E-state index contributed by atoms with van der Waals surface area (Å²) in [5.74, 6) is -1.05. The van der Waals surface area contributed by atoms with Crippen LogP contribution in [0.3, 0.4) is 0 Å². The van der Waals surface area contributed by atoms with Gasteiger partial charge in [-0.1, -0.05) is 26.3 Å². The van der Waals surface area contributed by atoms with Gasteiger partial charge < -0.3 is 10.2 Å². The molecule has 0 aliphatic heterocycles. The van der Waals surface area contributed by atoms with Crippen molar-refractivity contribution in [2.45, 2.75) is 77.0 Å². The number of rotatable bonds is 2. The Morgan fingerprint density at radius 3 is 2.59 bits per heavy atom. The van der Waals surface area contributed by atoms with Crippen molar-refractivity contribution in [3.8, 4) is 0 Å². The van der Waals surface area contributed by atoms with E-state index in [0.717, 1.165) is 5.57 Å². The van der Waals surface area contributed by atoms with Gasteiger partial charge in [-0.25, -0.2) is 4.39 Å². The molecule has 27 heavy (non-hydrogen) atoms. The highest BCUT2D eigenvalue weighted by Crippen LogP contribution is 2.71. The average molecular weight is 378 g/mol. The monoisotopic (exact) mass is 378 g/mol. The van der Waals surface area contributed by atoms with E-state index in [2.05, 4.69) is 0 Å². The molecule has 0 heterocycles. The molecule has 7 atom stereocenters. The number of hydrogen-bond donors (Lipinski definition) is 2. The highest BCUT2D eigenvalue weighted by molar-refractivity contribution is 5.92. The molecule has 4 aliphatic rings. The molecule has 0 spiro atoms. The molecule has 2 N–H and O–H groups in total. The van der Waals surface area contributed by atoms with E-state index >= 15 is 4.39 Å². The van der Waals surface area contributed by atoms with Crippen LogP contribution in [0.1, 0.15) is 65.7 Å². The minimum absolute atomic E-state index is 0.0947. The van der Waals surface area contributed by atoms with E-state index in [9.17, 15) is 19.8 Å². The van der Waals surface area contributed by atoms with Gasteiger partial charge in [0, 0.05) is 17.3 Å². The molecule has 0 radical (unpaired) electrons. The summed E-state index contributed by atoms with van der Waals surface area (Å²) in [6.07, 6.45) is 5.30. The van der Waals surface area contributed by atoms with E-state index in [1.807, 2.05) is 20.8 Å². The topological polar surface area (TPSA) is 74.6 Å². The van der Waals surface area contributed by atoms with Crippen LogP contribution < -0.4 is 0 Å². The molecule has 3 fully saturated rings. The third-order valence-electron chi connectivity index (χ3n) is 9.22. The molecule has 0 aromatic carbocycles. The van der Waals surface area contributed by atoms with E-state index in [-0.39, 0.29) is 23.5 Å². The van der Waals surface area contributed by atoms with Gasteiger partial charge in [0.05, 0.1) is 0 Å². The Labute approximate surface area is 160 Å². The minimum Gasteiger partial charge on any atom is -0.388 e. The van der Waals surface area contributed by atoms with Crippen LogP contribution in [0, 0.1) is 28.6 Å². The lowest BCUT2D eigenvalue weighted by Gasteiger charge is -2.61. The quantitative estimate of drug-likeness (QED) is 0.774. The van der Waals surface area contributed by atoms with Crippen molar-refractivity contribution in [3.05, 3.63) is 11.6 Å². The van der Waals surface area contributed by atoms with E-state index < -0.39 is 34.5 Å². The number of alkyl halides is 1. The lowest BCUT2D eigenvalue weighted by molar-refractivity contribution is -0.188. The standard InChI is InChI=1S/C22H31FO4/c1-13-10-17-16-5-4-14-11-15(25)6-7-19(14,2)21(16,23)9-8-20(17,3)22(13,27)18(26)12-24/h11,13,16-17,24,27H,4-10,12H2,1-3H3/t13-,16+,17+,19+,20+,21-,22+/m1/s1. The van der Waals surface area contributed by atoms with Crippen molar-refractivity contribution < 1.29 is 24.2 Å². The first-order valence-corrected chi connectivity index (χ1v) is 10.3. The Kier molecular flexibility index (Phi) is 4.08. The zero-order chi connectivity index (χ0) is 19.8. The highest BCUT2D eigenvalue weighted by atomic mass is 19.1. The molecule has 150 valence electrons. The zero-order valence-electron chi connectivity index (χ0n) is 16.6. The first-order chi connectivity index (χ1) is 12.5. The first-order valence-electron chi connectivity index (χ1n) is 10.3. The van der Waals surface area contributed by atoms with Crippen LogP contribution >= 0.6 is 0 Å². The molecule has 0 bridgehead atoms. The Bertz CT molecular complexity index is 732. The SMILES string of the molecule is C[C@@H]1C[C@H]2[C@@H]3CCC4=CC(=O)CC[C@]4(C)[C@@]3(F)CC[C@]2(C)[C@@]1(O)C(=O)CO. The van der Waals surface area contributed by atoms with E-state index in [4.69, 9.17) is 0 Å². The van der Waals surface area contributed by atoms with Crippen molar-refractivity contribution >= 4 is 11.6 Å². The number of carbonyl (C=O) groups is 2. The van der Waals surface area contributed by atoms with Crippen LogP contribution in [0.25, 0.3) is 0 Å². The normalized spacial score (nSPS) is 51.9. The van der Waals surface area contributed by atoms with Crippen LogP contribution in [0.5, 0.6) is 0 Å². The van der Waals surface area contributed by atoms with Gasteiger partial charge in [0.1, 0.15) is 17.9 Å². The fourth-order valence-electron chi connectivity index (χ4n) is 7.51. The number of carbonyl (C=O) groups excluding carboxylic acids is 2. The Morgan fingerprint density at radius 2 is 1.93 bits per heavy atom. The van der Waals surface area contributed by atoms with Crippen molar-refractivity contribution in [2.75, 3.05) is 6.61 Å². The molecule has 3 saturated carbocycles. The zero-order valence-corrected chi connectivity index (χ0v) is 16.6. The first kappa shape index (κ1) is 19.3. The number of ketones is 2. The van der Waals surface area contributed by atoms with E-state index in [0.29, 0.717) is 44.9 Å². The number of aliphatic hydroxyl groups is 2. The van der Waals surface area contributed by atoms with Crippen LogP contribution in [-0.4, -0.2) is 39.7 Å². The number of fused-ring (bicyclic) bond motifs is 5. The van der Waals surface area contributed by atoms with Gasteiger partial charge >= 0.3 is 0 Å². The molecule has 0 unspecified atom stereocenters. The third-order valence-corrected chi connectivity index (χ3v) is 9.22. The molecule has 4 nitrogen and oxygen atoms in total. The summed E-state index contributed by atoms with van der Waals surface area (Å²) >= 11 is 0. The fraction of sp³-hybridized carbons (Fsp3) is 0.818. The van der Waals surface area contributed by atoms with Crippen LogP contribution in [0.15, 0.2) is 11.6 Å². The summed E-state index contributed by atoms with van der Waals surface area (Å²) in [6, 6.07) is 0. The van der Waals surface area contributed by atoms with E-state index in [1.54, 1.807) is 6.08 Å². The maximum atomic E-state index is 16.8. The Balaban J connectivity index is 1.77. The van der Waals surface area contributed by atoms with Gasteiger partial charge in [0.25, 0.3) is 0 Å². The number of Topliss-reactive ketones (excluding diaryl/α,β-unsaturated/α-hetero) is 1. The summed E-state index contributed by atoms with van der Waals surface area (Å²) in [6.45, 7) is 5.07. The van der Waals surface area contributed by atoms with Crippen LogP contribution in [-0.2, 0) is 9.59 Å². The van der Waals surface area contributed by atoms with Crippen molar-refractivity contribution in [1.82, 2.24) is 0 Å². The van der Waals surface area contributed by atoms with Crippen molar-refractivity contribution in [1.29, 1.82) is 0 Å². The summed E-state index contributed by atoms with van der Waals surface area (Å²) in [7, 11) is 0. The van der Waals surface area contributed by atoms with Crippen molar-refractivity contribution in [2.24, 2.45) is 28.6 Å². The van der Waals surface area contributed by atoms with Gasteiger partial charge in [-0.15, -0.1) is 0 Å². The summed E-state index contributed by atoms with van der Waals surface area (Å²) in [4.78, 5) is 24.4. The van der Waals surface area contributed by atoms with Gasteiger partial charge in [0.2, 0.25) is 0 Å². The predicted molar refractivity (Wildman–Crippen MR) is 98.6 cm³/mol. The average Bonchev–Trinajstić information content (AvgIpc) is 2.84. The lowest BCUT2D eigenvalue weighted by atomic mass is 9.44. The fourth-order valence-corrected chi connectivity index (χ4v) is 7.51. The number of allylic oxidation sites excluding steroid dienone is 1. The molecule has 0 saturated heterocycles. The second-order valence-electron chi connectivity index (χ2n) is 9.98. The summed E-state index contributed by atoms with van der Waals surface area (Å²) < 4.78 is 16.8. The van der Waals surface area contributed by atoms with E-state index in [1.165, 1.54) is 0 Å². The highest BCUT2D eigenvalue weighted by Gasteiger charge is 2.72. The second kappa shape index (κ2) is 5.73. The van der Waals surface area contributed by atoms with Gasteiger partial charge in [-0.05, 0) is 62.4 Å². The van der Waals surface area contributed by atoms with Crippen LogP contribution in [0.4, 0.5) is 4.39 Å². The van der Waals surface area contributed by atoms with Gasteiger partial charge in [-0.3, -0.25) is 9.59 Å². The van der Waals surface area contributed by atoms with Crippen molar-refractivity contribution in [3.63, 3.8) is 0 Å². The number of halogens is 1. The Hall–Kier alpha value is -1.07. The van der Waals surface area contributed by atoms with Gasteiger partial charge in [0.15, 0.2) is 11.6 Å². The molecule has 0 aromatic rings. The largest absolute Gasteiger partial charge is 0.388 e. The minimum atomic E-state index is -1.59. The molecular formula is C22H31FO4. The second-order valence-corrected chi connectivity index (χ2v) is 9.98.